The van der Waals surface area contributed by atoms with Crippen molar-refractivity contribution in [3.63, 3.8) is 0 Å². The number of nitrogens with zero attached hydrogens (tertiary/aromatic N) is 3. The first-order valence-corrected chi connectivity index (χ1v) is 9.77. The second-order valence-electron chi connectivity index (χ2n) is 6.86. The van der Waals surface area contributed by atoms with Gasteiger partial charge in [-0.05, 0) is 30.3 Å². The van der Waals surface area contributed by atoms with Gasteiger partial charge in [0.05, 0.1) is 24.5 Å². The molecule has 8 nitrogen and oxygen atoms in total. The Morgan fingerprint density at radius 2 is 1.80 bits per heavy atom. The van der Waals surface area contributed by atoms with E-state index in [1.165, 1.54) is 21.9 Å². The Morgan fingerprint density at radius 3 is 2.50 bits per heavy atom. The zero-order valence-electron chi connectivity index (χ0n) is 15.8. The third-order valence-electron chi connectivity index (χ3n) is 4.97. The predicted octanol–water partition coefficient (Wildman–Crippen LogP) is 3.24. The minimum Gasteiger partial charge on any atom is -0.442 e. The lowest BCUT2D eigenvalue weighted by Gasteiger charge is -2.20. The van der Waals surface area contributed by atoms with Crippen LogP contribution in [-0.2, 0) is 4.74 Å². The van der Waals surface area contributed by atoms with E-state index in [1.807, 2.05) is 30.3 Å². The SMILES string of the molecule is O=C(S)NCC1CN(c2ccc(N3CCN(c4ccccc4)C3=O)c(F)c2)C(=O)O1. The van der Waals surface area contributed by atoms with Crippen LogP contribution in [0.15, 0.2) is 48.5 Å². The molecule has 0 bridgehead atoms. The zero-order valence-corrected chi connectivity index (χ0v) is 16.7. The van der Waals surface area contributed by atoms with Crippen molar-refractivity contribution in [2.24, 2.45) is 0 Å². The summed E-state index contributed by atoms with van der Waals surface area (Å²) in [7, 11) is 0. The van der Waals surface area contributed by atoms with Crippen molar-refractivity contribution < 1.29 is 23.5 Å². The molecular formula is C20H19FN4O4S. The minimum atomic E-state index is -0.631. The van der Waals surface area contributed by atoms with Gasteiger partial charge < -0.3 is 10.1 Å². The number of cyclic esters (lactones) is 1. The standard InChI is InChI=1S/C20H19FN4O4S/c21-16-10-14(25-12-15(29-20(25)28)11-22-18(26)30)6-7-17(16)24-9-8-23(19(24)27)13-4-2-1-3-5-13/h1-7,10,15H,8-9,11-12H2,(H2,22,26,30). The molecule has 0 aromatic heterocycles. The highest BCUT2D eigenvalue weighted by Gasteiger charge is 2.35. The Kier molecular flexibility index (Phi) is 5.49. The molecule has 2 aromatic carbocycles. The van der Waals surface area contributed by atoms with E-state index in [1.54, 1.807) is 11.0 Å². The van der Waals surface area contributed by atoms with Gasteiger partial charge in [0.25, 0.3) is 5.24 Å². The van der Waals surface area contributed by atoms with Gasteiger partial charge in [-0.25, -0.2) is 14.0 Å². The van der Waals surface area contributed by atoms with E-state index < -0.39 is 23.3 Å². The molecular weight excluding hydrogens is 411 g/mol. The van der Waals surface area contributed by atoms with Crippen molar-refractivity contribution >= 4 is 47.1 Å². The predicted molar refractivity (Wildman–Crippen MR) is 113 cm³/mol. The lowest BCUT2D eigenvalue weighted by atomic mass is 10.2. The molecule has 2 heterocycles. The van der Waals surface area contributed by atoms with Crippen LogP contribution >= 0.6 is 12.6 Å². The van der Waals surface area contributed by atoms with Crippen molar-refractivity contribution in [2.45, 2.75) is 6.10 Å². The topological polar surface area (TPSA) is 82.2 Å². The zero-order chi connectivity index (χ0) is 21.3. The quantitative estimate of drug-likeness (QED) is 0.714. The average molecular weight is 430 g/mol. The Hall–Kier alpha value is -3.27. The summed E-state index contributed by atoms with van der Waals surface area (Å²) in [5.74, 6) is -0.615. The number of para-hydroxylation sites is 1. The number of anilines is 3. The molecule has 2 fully saturated rings. The maximum Gasteiger partial charge on any atom is 0.414 e. The Bertz CT molecular complexity index is 990. The number of carbonyl (C=O) groups excluding carboxylic acids is 3. The molecule has 1 unspecified atom stereocenters. The molecule has 4 rings (SSSR count). The number of rotatable bonds is 5. The van der Waals surface area contributed by atoms with Gasteiger partial charge in [-0.15, -0.1) is 0 Å². The van der Waals surface area contributed by atoms with Gasteiger partial charge in [-0.1, -0.05) is 30.8 Å². The van der Waals surface area contributed by atoms with E-state index in [2.05, 4.69) is 17.9 Å². The molecule has 2 aromatic rings. The number of thiol groups is 1. The van der Waals surface area contributed by atoms with Crippen LogP contribution in [0.25, 0.3) is 0 Å². The van der Waals surface area contributed by atoms with E-state index >= 15 is 0 Å². The van der Waals surface area contributed by atoms with Crippen LogP contribution in [0.5, 0.6) is 0 Å². The van der Waals surface area contributed by atoms with Crippen LogP contribution in [-0.4, -0.2) is 49.6 Å². The molecule has 0 aliphatic carbocycles. The molecule has 2 aliphatic rings. The van der Waals surface area contributed by atoms with Crippen LogP contribution in [0.4, 0.5) is 35.8 Å². The Morgan fingerprint density at radius 1 is 1.07 bits per heavy atom. The number of hydrogen-bond acceptors (Lipinski definition) is 4. The number of benzene rings is 2. The van der Waals surface area contributed by atoms with Crippen molar-refractivity contribution in [1.29, 1.82) is 0 Å². The molecule has 0 spiro atoms. The first kappa shape index (κ1) is 20.0. The molecule has 0 saturated carbocycles. The van der Waals surface area contributed by atoms with Gasteiger partial charge >= 0.3 is 12.1 Å². The minimum absolute atomic E-state index is 0.114. The summed E-state index contributed by atoms with van der Waals surface area (Å²) in [6.07, 6.45) is -1.19. The summed E-state index contributed by atoms with van der Waals surface area (Å²) in [6.45, 7) is 1.07. The van der Waals surface area contributed by atoms with E-state index in [4.69, 9.17) is 4.74 Å². The maximum absolute atomic E-state index is 14.9. The first-order valence-electron chi connectivity index (χ1n) is 9.32. The lowest BCUT2D eigenvalue weighted by Crippen LogP contribution is -2.33. The maximum atomic E-state index is 14.9. The summed E-state index contributed by atoms with van der Waals surface area (Å²) < 4.78 is 20.1. The highest BCUT2D eigenvalue weighted by atomic mass is 32.1. The molecule has 156 valence electrons. The van der Waals surface area contributed by atoms with Gasteiger partial charge in [0, 0.05) is 18.8 Å². The van der Waals surface area contributed by atoms with Crippen LogP contribution in [0, 0.1) is 5.82 Å². The van der Waals surface area contributed by atoms with E-state index in [9.17, 15) is 18.8 Å². The number of ether oxygens (including phenoxy) is 1. The van der Waals surface area contributed by atoms with Gasteiger partial charge in [0.1, 0.15) is 11.9 Å². The number of urea groups is 1. The van der Waals surface area contributed by atoms with Crippen LogP contribution in [0.3, 0.4) is 0 Å². The number of amides is 4. The van der Waals surface area contributed by atoms with Crippen molar-refractivity contribution in [3.05, 3.63) is 54.3 Å². The van der Waals surface area contributed by atoms with E-state index in [0.717, 1.165) is 5.69 Å². The molecule has 4 amide bonds. The summed E-state index contributed by atoms with van der Waals surface area (Å²) in [4.78, 5) is 40.0. The normalized spacial score (nSPS) is 18.7. The molecule has 1 atom stereocenters. The summed E-state index contributed by atoms with van der Waals surface area (Å²) in [5.41, 5.74) is 1.21. The summed E-state index contributed by atoms with van der Waals surface area (Å²) in [5, 5.41) is 1.93. The first-order chi connectivity index (χ1) is 14.4. The lowest BCUT2D eigenvalue weighted by molar-refractivity contribution is 0.141. The molecule has 30 heavy (non-hydrogen) atoms. The van der Waals surface area contributed by atoms with Gasteiger partial charge in [0.2, 0.25) is 0 Å². The molecule has 2 saturated heterocycles. The highest BCUT2D eigenvalue weighted by molar-refractivity contribution is 7.96. The summed E-state index contributed by atoms with van der Waals surface area (Å²) in [6, 6.07) is 13.1. The third-order valence-corrected chi connectivity index (χ3v) is 5.12. The molecule has 1 N–H and O–H groups in total. The number of hydrogen-bond donors (Lipinski definition) is 2. The highest BCUT2D eigenvalue weighted by Crippen LogP contribution is 2.31. The van der Waals surface area contributed by atoms with Crippen LogP contribution in [0.2, 0.25) is 0 Å². The average Bonchev–Trinajstić information content (AvgIpc) is 3.29. The summed E-state index contributed by atoms with van der Waals surface area (Å²) >= 11 is 3.60. The van der Waals surface area contributed by atoms with Gasteiger partial charge in [0.15, 0.2) is 0 Å². The monoisotopic (exact) mass is 430 g/mol. The largest absolute Gasteiger partial charge is 0.442 e. The van der Waals surface area contributed by atoms with Crippen LogP contribution < -0.4 is 20.0 Å². The van der Waals surface area contributed by atoms with Gasteiger partial charge in [-0.2, -0.15) is 0 Å². The number of nitrogens with one attached hydrogen (secondary N) is 1. The second-order valence-corrected chi connectivity index (χ2v) is 7.27. The Balaban J connectivity index is 1.48. The third kappa shape index (κ3) is 3.90. The second kappa shape index (κ2) is 8.23. The molecule has 2 aliphatic heterocycles. The Labute approximate surface area is 177 Å². The van der Waals surface area contributed by atoms with Crippen molar-refractivity contribution in [3.8, 4) is 0 Å². The number of halogens is 1. The smallest absolute Gasteiger partial charge is 0.414 e. The molecule has 10 heteroatoms. The fourth-order valence-electron chi connectivity index (χ4n) is 3.53. The fraction of sp³-hybridized carbons (Fsp3) is 0.250. The van der Waals surface area contributed by atoms with E-state index in [0.29, 0.717) is 18.8 Å². The number of carbonyl (C=O) groups is 3. The van der Waals surface area contributed by atoms with Crippen LogP contribution in [0.1, 0.15) is 0 Å². The fourth-order valence-corrected chi connectivity index (χ4v) is 3.62. The van der Waals surface area contributed by atoms with Gasteiger partial charge in [-0.3, -0.25) is 19.5 Å². The molecule has 0 radical (unpaired) electrons. The van der Waals surface area contributed by atoms with Crippen molar-refractivity contribution in [1.82, 2.24) is 5.32 Å². The van der Waals surface area contributed by atoms with E-state index in [-0.39, 0.29) is 24.8 Å². The van der Waals surface area contributed by atoms with Crippen molar-refractivity contribution in [2.75, 3.05) is 40.9 Å².